The Morgan fingerprint density at radius 2 is 1.67 bits per heavy atom. The van der Waals surface area contributed by atoms with Crippen LogP contribution in [0, 0.1) is 0 Å². The zero-order valence-corrected chi connectivity index (χ0v) is 13.7. The highest BCUT2D eigenvalue weighted by atomic mass is 35.5. The van der Waals surface area contributed by atoms with E-state index in [9.17, 15) is 0 Å². The molecule has 0 amide bonds. The molecule has 1 heterocycles. The van der Waals surface area contributed by atoms with Gasteiger partial charge < -0.3 is 5.32 Å². The van der Waals surface area contributed by atoms with Crippen molar-refractivity contribution in [3.63, 3.8) is 0 Å². The summed E-state index contributed by atoms with van der Waals surface area (Å²) >= 11 is 18.4. The first-order chi connectivity index (χ1) is 10.1. The number of hydrogen-bond donors (Lipinski definition) is 1. The van der Waals surface area contributed by atoms with Crippen molar-refractivity contribution in [2.75, 3.05) is 13.1 Å². The molecule has 0 spiro atoms. The fraction of sp³-hybridized carbons (Fsp3) is 0.294. The van der Waals surface area contributed by atoms with Crippen LogP contribution < -0.4 is 5.32 Å². The summed E-state index contributed by atoms with van der Waals surface area (Å²) in [6.07, 6.45) is 1.08. The SMILES string of the molecule is Clc1cccc(C2CNCCC2c2ccc(Cl)c(Cl)c2)c1. The Morgan fingerprint density at radius 1 is 0.857 bits per heavy atom. The molecular formula is C17H16Cl3N. The smallest absolute Gasteiger partial charge is 0.0595 e. The van der Waals surface area contributed by atoms with Crippen LogP contribution in [0.2, 0.25) is 15.1 Å². The Labute approximate surface area is 140 Å². The minimum absolute atomic E-state index is 0.398. The summed E-state index contributed by atoms with van der Waals surface area (Å²) in [5.41, 5.74) is 2.52. The largest absolute Gasteiger partial charge is 0.316 e. The monoisotopic (exact) mass is 339 g/mol. The molecule has 1 fully saturated rings. The molecule has 21 heavy (non-hydrogen) atoms. The molecule has 0 aromatic heterocycles. The lowest BCUT2D eigenvalue weighted by molar-refractivity contribution is 0.404. The number of rotatable bonds is 2. The summed E-state index contributed by atoms with van der Waals surface area (Å²) in [7, 11) is 0. The number of nitrogens with one attached hydrogen (secondary N) is 1. The fourth-order valence-corrected chi connectivity index (χ4v) is 3.59. The summed E-state index contributed by atoms with van der Waals surface area (Å²) in [6.45, 7) is 1.97. The summed E-state index contributed by atoms with van der Waals surface area (Å²) in [5, 5.41) is 5.49. The normalized spacial score (nSPS) is 22.2. The van der Waals surface area contributed by atoms with E-state index in [-0.39, 0.29) is 0 Å². The molecule has 2 unspecified atom stereocenters. The van der Waals surface area contributed by atoms with Crippen LogP contribution in [0.5, 0.6) is 0 Å². The minimum Gasteiger partial charge on any atom is -0.316 e. The van der Waals surface area contributed by atoms with E-state index < -0.39 is 0 Å². The molecule has 2 aromatic rings. The molecule has 1 saturated heterocycles. The van der Waals surface area contributed by atoms with Gasteiger partial charge in [0.15, 0.2) is 0 Å². The van der Waals surface area contributed by atoms with E-state index in [1.165, 1.54) is 11.1 Å². The first-order valence-corrected chi connectivity index (χ1v) is 8.19. The van der Waals surface area contributed by atoms with Crippen LogP contribution in [-0.4, -0.2) is 13.1 Å². The van der Waals surface area contributed by atoms with Crippen LogP contribution >= 0.6 is 34.8 Å². The van der Waals surface area contributed by atoms with Crippen molar-refractivity contribution in [1.82, 2.24) is 5.32 Å². The van der Waals surface area contributed by atoms with Crippen LogP contribution in [0.15, 0.2) is 42.5 Å². The van der Waals surface area contributed by atoms with E-state index in [2.05, 4.69) is 23.5 Å². The quantitative estimate of drug-likeness (QED) is 0.760. The first kappa shape index (κ1) is 15.2. The van der Waals surface area contributed by atoms with Gasteiger partial charge in [0.2, 0.25) is 0 Å². The number of piperidine rings is 1. The lowest BCUT2D eigenvalue weighted by Gasteiger charge is -2.33. The maximum absolute atomic E-state index is 6.18. The van der Waals surface area contributed by atoms with Crippen LogP contribution in [0.1, 0.15) is 29.4 Å². The first-order valence-electron chi connectivity index (χ1n) is 7.06. The molecule has 1 N–H and O–H groups in total. The Morgan fingerprint density at radius 3 is 2.43 bits per heavy atom. The third kappa shape index (κ3) is 3.37. The van der Waals surface area contributed by atoms with Crippen molar-refractivity contribution >= 4 is 34.8 Å². The Balaban J connectivity index is 1.96. The van der Waals surface area contributed by atoms with Crippen molar-refractivity contribution in [3.8, 4) is 0 Å². The van der Waals surface area contributed by atoms with E-state index in [1.807, 2.05) is 24.3 Å². The molecule has 2 atom stereocenters. The standard InChI is InChI=1S/C17H16Cl3N/c18-13-3-1-2-11(8-13)15-10-21-7-6-14(15)12-4-5-16(19)17(20)9-12/h1-5,8-9,14-15,21H,6-7,10H2. The van der Waals surface area contributed by atoms with E-state index in [0.29, 0.717) is 21.9 Å². The highest BCUT2D eigenvalue weighted by Crippen LogP contribution is 2.39. The van der Waals surface area contributed by atoms with Crippen molar-refractivity contribution in [2.24, 2.45) is 0 Å². The molecular weight excluding hydrogens is 325 g/mol. The Hall–Kier alpha value is -0.730. The van der Waals surface area contributed by atoms with E-state index >= 15 is 0 Å². The third-order valence-corrected chi connectivity index (χ3v) is 5.10. The molecule has 1 aliphatic rings. The van der Waals surface area contributed by atoms with Gasteiger partial charge >= 0.3 is 0 Å². The fourth-order valence-electron chi connectivity index (χ4n) is 3.09. The van der Waals surface area contributed by atoms with Crippen molar-refractivity contribution < 1.29 is 0 Å². The molecule has 1 aliphatic heterocycles. The van der Waals surface area contributed by atoms with Crippen LogP contribution in [0.3, 0.4) is 0 Å². The van der Waals surface area contributed by atoms with Crippen molar-refractivity contribution in [1.29, 1.82) is 0 Å². The van der Waals surface area contributed by atoms with Gasteiger partial charge in [-0.25, -0.2) is 0 Å². The zero-order chi connectivity index (χ0) is 14.8. The lowest BCUT2D eigenvalue weighted by Crippen LogP contribution is -2.34. The number of benzene rings is 2. The second kappa shape index (κ2) is 6.58. The lowest BCUT2D eigenvalue weighted by atomic mass is 9.77. The molecule has 0 bridgehead atoms. The minimum atomic E-state index is 0.398. The molecule has 0 saturated carbocycles. The molecule has 0 aliphatic carbocycles. The predicted octanol–water partition coefficient (Wildman–Crippen LogP) is 5.51. The summed E-state index contributed by atoms with van der Waals surface area (Å²) in [5.74, 6) is 0.828. The van der Waals surface area contributed by atoms with Gasteiger partial charge in [-0.3, -0.25) is 0 Å². The molecule has 1 nitrogen and oxygen atoms in total. The van der Waals surface area contributed by atoms with Gasteiger partial charge in [-0.1, -0.05) is 53.0 Å². The Bertz CT molecular complexity index is 642. The van der Waals surface area contributed by atoms with Crippen LogP contribution in [-0.2, 0) is 0 Å². The molecule has 110 valence electrons. The molecule has 2 aromatic carbocycles. The zero-order valence-electron chi connectivity index (χ0n) is 11.5. The van der Waals surface area contributed by atoms with Gasteiger partial charge in [-0.2, -0.15) is 0 Å². The molecule has 0 radical (unpaired) electrons. The maximum Gasteiger partial charge on any atom is 0.0595 e. The number of hydrogen-bond acceptors (Lipinski definition) is 1. The van der Waals surface area contributed by atoms with Gasteiger partial charge in [0.25, 0.3) is 0 Å². The van der Waals surface area contributed by atoms with Gasteiger partial charge in [0, 0.05) is 17.5 Å². The van der Waals surface area contributed by atoms with Gasteiger partial charge in [0.05, 0.1) is 10.0 Å². The molecule has 3 rings (SSSR count). The second-order valence-corrected chi connectivity index (χ2v) is 6.69. The average Bonchev–Trinajstić information content (AvgIpc) is 2.50. The van der Waals surface area contributed by atoms with E-state index in [4.69, 9.17) is 34.8 Å². The molecule has 4 heteroatoms. The highest BCUT2D eigenvalue weighted by molar-refractivity contribution is 6.42. The Kier molecular flexibility index (Phi) is 4.75. The van der Waals surface area contributed by atoms with Crippen molar-refractivity contribution in [2.45, 2.75) is 18.3 Å². The summed E-state index contributed by atoms with van der Waals surface area (Å²) in [6, 6.07) is 14.1. The van der Waals surface area contributed by atoms with E-state index in [1.54, 1.807) is 0 Å². The highest BCUT2D eigenvalue weighted by Gasteiger charge is 2.28. The predicted molar refractivity (Wildman–Crippen MR) is 90.9 cm³/mol. The van der Waals surface area contributed by atoms with Gasteiger partial charge in [0.1, 0.15) is 0 Å². The summed E-state index contributed by atoms with van der Waals surface area (Å²) < 4.78 is 0. The second-order valence-electron chi connectivity index (χ2n) is 5.43. The van der Waals surface area contributed by atoms with E-state index in [0.717, 1.165) is 24.5 Å². The average molecular weight is 341 g/mol. The number of halogens is 3. The van der Waals surface area contributed by atoms with Gasteiger partial charge in [-0.15, -0.1) is 0 Å². The van der Waals surface area contributed by atoms with Gasteiger partial charge in [-0.05, 0) is 54.3 Å². The topological polar surface area (TPSA) is 12.0 Å². The van der Waals surface area contributed by atoms with Crippen LogP contribution in [0.4, 0.5) is 0 Å². The van der Waals surface area contributed by atoms with Crippen LogP contribution in [0.25, 0.3) is 0 Å². The summed E-state index contributed by atoms with van der Waals surface area (Å²) in [4.78, 5) is 0. The third-order valence-electron chi connectivity index (χ3n) is 4.13. The van der Waals surface area contributed by atoms with Crippen molar-refractivity contribution in [3.05, 3.63) is 68.7 Å². The maximum atomic E-state index is 6.18.